The number of aliphatic hydroxyl groups excluding tert-OH is 1. The van der Waals surface area contributed by atoms with Crippen molar-refractivity contribution in [1.29, 1.82) is 5.26 Å². The second-order valence-corrected chi connectivity index (χ2v) is 5.14. The van der Waals surface area contributed by atoms with Crippen LogP contribution in [0.15, 0.2) is 24.3 Å². The SMILES string of the molecule is N#Cc1cccc(NC(=O)CN2CCC(CCO)C2)c1. The third-order valence-corrected chi connectivity index (χ3v) is 3.55. The molecule has 1 unspecified atom stereocenters. The van der Waals surface area contributed by atoms with E-state index >= 15 is 0 Å². The molecule has 1 aromatic rings. The molecule has 0 bridgehead atoms. The largest absolute Gasteiger partial charge is 0.396 e. The number of amides is 1. The van der Waals surface area contributed by atoms with E-state index in [0.717, 1.165) is 25.9 Å². The molecular formula is C15H19N3O2. The van der Waals surface area contributed by atoms with E-state index in [1.54, 1.807) is 24.3 Å². The van der Waals surface area contributed by atoms with Gasteiger partial charge in [0.1, 0.15) is 0 Å². The summed E-state index contributed by atoms with van der Waals surface area (Å²) in [6, 6.07) is 8.94. The molecule has 0 radical (unpaired) electrons. The first-order valence-corrected chi connectivity index (χ1v) is 6.84. The highest BCUT2D eigenvalue weighted by Crippen LogP contribution is 2.19. The molecule has 2 rings (SSSR count). The zero-order valence-electron chi connectivity index (χ0n) is 11.4. The van der Waals surface area contributed by atoms with Gasteiger partial charge in [0, 0.05) is 18.8 Å². The Labute approximate surface area is 118 Å². The van der Waals surface area contributed by atoms with Crippen LogP contribution in [-0.2, 0) is 4.79 Å². The standard InChI is InChI=1S/C15H19N3O2/c16-9-13-2-1-3-14(8-13)17-15(20)11-18-6-4-12(10-18)5-7-19/h1-3,8,12,19H,4-7,10-11H2,(H,17,20). The van der Waals surface area contributed by atoms with E-state index in [2.05, 4.69) is 10.2 Å². The maximum Gasteiger partial charge on any atom is 0.238 e. The van der Waals surface area contributed by atoms with Crippen LogP contribution in [0, 0.1) is 17.2 Å². The smallest absolute Gasteiger partial charge is 0.238 e. The molecule has 1 amide bonds. The predicted octanol–water partition coefficient (Wildman–Crippen LogP) is 1.20. The van der Waals surface area contributed by atoms with Crippen LogP contribution in [0.1, 0.15) is 18.4 Å². The molecule has 0 saturated carbocycles. The van der Waals surface area contributed by atoms with Crippen molar-refractivity contribution in [3.8, 4) is 6.07 Å². The zero-order chi connectivity index (χ0) is 14.4. The summed E-state index contributed by atoms with van der Waals surface area (Å²) in [5.74, 6) is 0.430. The second kappa shape index (κ2) is 7.04. The Balaban J connectivity index is 1.82. The lowest BCUT2D eigenvalue weighted by atomic mass is 10.1. The number of likely N-dealkylation sites (tertiary alicyclic amines) is 1. The number of carbonyl (C=O) groups is 1. The molecule has 1 saturated heterocycles. The Bertz CT molecular complexity index is 510. The van der Waals surface area contributed by atoms with E-state index in [1.165, 1.54) is 0 Å². The van der Waals surface area contributed by atoms with Gasteiger partial charge in [-0.15, -0.1) is 0 Å². The quantitative estimate of drug-likeness (QED) is 0.845. The molecule has 1 aliphatic rings. The first kappa shape index (κ1) is 14.5. The number of nitrogens with one attached hydrogen (secondary N) is 1. The molecule has 0 spiro atoms. The summed E-state index contributed by atoms with van der Waals surface area (Å²) in [7, 11) is 0. The maximum atomic E-state index is 11.9. The van der Waals surface area contributed by atoms with E-state index in [9.17, 15) is 4.79 Å². The topological polar surface area (TPSA) is 76.4 Å². The minimum absolute atomic E-state index is 0.0651. The van der Waals surface area contributed by atoms with Gasteiger partial charge in [-0.2, -0.15) is 5.26 Å². The van der Waals surface area contributed by atoms with Crippen molar-refractivity contribution in [2.45, 2.75) is 12.8 Å². The number of hydrogen-bond acceptors (Lipinski definition) is 4. The number of rotatable bonds is 5. The van der Waals surface area contributed by atoms with E-state index in [1.807, 2.05) is 6.07 Å². The molecule has 5 nitrogen and oxygen atoms in total. The van der Waals surface area contributed by atoms with E-state index in [-0.39, 0.29) is 12.5 Å². The monoisotopic (exact) mass is 273 g/mol. The summed E-state index contributed by atoms with van der Waals surface area (Å²) in [6.07, 6.45) is 1.85. The van der Waals surface area contributed by atoms with Crippen LogP contribution in [0.5, 0.6) is 0 Å². The molecule has 1 heterocycles. The minimum Gasteiger partial charge on any atom is -0.396 e. The van der Waals surface area contributed by atoms with Crippen LogP contribution in [0.25, 0.3) is 0 Å². The highest BCUT2D eigenvalue weighted by Gasteiger charge is 2.23. The third-order valence-electron chi connectivity index (χ3n) is 3.55. The van der Waals surface area contributed by atoms with Crippen LogP contribution in [0.3, 0.4) is 0 Å². The molecule has 0 aliphatic carbocycles. The summed E-state index contributed by atoms with van der Waals surface area (Å²) in [5.41, 5.74) is 1.19. The van der Waals surface area contributed by atoms with Crippen molar-refractivity contribution in [1.82, 2.24) is 4.90 Å². The molecule has 1 aliphatic heterocycles. The van der Waals surface area contributed by atoms with Crippen molar-refractivity contribution >= 4 is 11.6 Å². The predicted molar refractivity (Wildman–Crippen MR) is 76.0 cm³/mol. The normalized spacial score (nSPS) is 18.7. The molecule has 1 atom stereocenters. The first-order chi connectivity index (χ1) is 9.71. The van der Waals surface area contributed by atoms with Gasteiger partial charge in [0.05, 0.1) is 18.2 Å². The molecular weight excluding hydrogens is 254 g/mol. The molecule has 5 heteroatoms. The van der Waals surface area contributed by atoms with Gasteiger partial charge in [0.15, 0.2) is 0 Å². The first-order valence-electron chi connectivity index (χ1n) is 6.84. The summed E-state index contributed by atoms with van der Waals surface area (Å²) < 4.78 is 0. The average Bonchev–Trinajstić information content (AvgIpc) is 2.86. The molecule has 20 heavy (non-hydrogen) atoms. The number of carbonyl (C=O) groups excluding carboxylic acids is 1. The van der Waals surface area contributed by atoms with Crippen LogP contribution in [-0.4, -0.2) is 42.2 Å². The third kappa shape index (κ3) is 4.05. The Hall–Kier alpha value is -1.90. The van der Waals surface area contributed by atoms with Gasteiger partial charge in [0.25, 0.3) is 0 Å². The number of nitrogens with zero attached hydrogens (tertiary/aromatic N) is 2. The number of benzene rings is 1. The number of aliphatic hydroxyl groups is 1. The van der Waals surface area contributed by atoms with Crippen LogP contribution in [0.4, 0.5) is 5.69 Å². The lowest BCUT2D eigenvalue weighted by Gasteiger charge is -2.15. The van der Waals surface area contributed by atoms with Crippen LogP contribution < -0.4 is 5.32 Å². The fraction of sp³-hybridized carbons (Fsp3) is 0.467. The molecule has 1 aromatic carbocycles. The molecule has 2 N–H and O–H groups in total. The van der Waals surface area contributed by atoms with Crippen LogP contribution in [0.2, 0.25) is 0 Å². The van der Waals surface area contributed by atoms with Gasteiger partial charge in [-0.1, -0.05) is 6.07 Å². The zero-order valence-corrected chi connectivity index (χ0v) is 11.4. The minimum atomic E-state index is -0.0651. The lowest BCUT2D eigenvalue weighted by molar-refractivity contribution is -0.117. The number of hydrogen-bond donors (Lipinski definition) is 2. The van der Waals surface area contributed by atoms with Gasteiger partial charge in [-0.05, 0) is 43.5 Å². The van der Waals surface area contributed by atoms with Crippen molar-refractivity contribution in [2.75, 3.05) is 31.6 Å². The molecule has 106 valence electrons. The summed E-state index contributed by atoms with van der Waals surface area (Å²) in [5, 5.41) is 20.5. The Morgan fingerprint density at radius 3 is 3.15 bits per heavy atom. The molecule has 1 fully saturated rings. The highest BCUT2D eigenvalue weighted by atomic mass is 16.3. The van der Waals surface area contributed by atoms with E-state index in [0.29, 0.717) is 23.7 Å². The number of nitriles is 1. The summed E-state index contributed by atoms with van der Waals surface area (Å²) in [4.78, 5) is 14.0. The van der Waals surface area contributed by atoms with Gasteiger partial charge < -0.3 is 10.4 Å². The Kier molecular flexibility index (Phi) is 5.10. The average molecular weight is 273 g/mol. The summed E-state index contributed by atoms with van der Waals surface area (Å²) in [6.45, 7) is 2.34. The Morgan fingerprint density at radius 2 is 2.40 bits per heavy atom. The fourth-order valence-electron chi connectivity index (χ4n) is 2.54. The van der Waals surface area contributed by atoms with Gasteiger partial charge in [-0.25, -0.2) is 0 Å². The fourth-order valence-corrected chi connectivity index (χ4v) is 2.54. The second-order valence-electron chi connectivity index (χ2n) is 5.14. The Morgan fingerprint density at radius 1 is 1.55 bits per heavy atom. The van der Waals surface area contributed by atoms with Crippen LogP contribution >= 0.6 is 0 Å². The van der Waals surface area contributed by atoms with Gasteiger partial charge in [-0.3, -0.25) is 9.69 Å². The van der Waals surface area contributed by atoms with Gasteiger partial charge >= 0.3 is 0 Å². The molecule has 0 aromatic heterocycles. The van der Waals surface area contributed by atoms with E-state index in [4.69, 9.17) is 10.4 Å². The van der Waals surface area contributed by atoms with Gasteiger partial charge in [0.2, 0.25) is 5.91 Å². The van der Waals surface area contributed by atoms with Crippen molar-refractivity contribution in [3.63, 3.8) is 0 Å². The number of anilines is 1. The van der Waals surface area contributed by atoms with E-state index < -0.39 is 0 Å². The van der Waals surface area contributed by atoms with Crippen molar-refractivity contribution < 1.29 is 9.90 Å². The maximum absolute atomic E-state index is 11.9. The lowest BCUT2D eigenvalue weighted by Crippen LogP contribution is -2.31. The van der Waals surface area contributed by atoms with Crippen molar-refractivity contribution in [2.24, 2.45) is 5.92 Å². The highest BCUT2D eigenvalue weighted by molar-refractivity contribution is 5.92. The van der Waals surface area contributed by atoms with Crippen molar-refractivity contribution in [3.05, 3.63) is 29.8 Å². The summed E-state index contributed by atoms with van der Waals surface area (Å²) >= 11 is 0.